The SMILES string of the molecule is Cc1cc(OCC(O)CN(CCO)CCO)cc(C)c1Cl. The number of aryl methyl sites for hydroxylation is 2. The zero-order valence-electron chi connectivity index (χ0n) is 12.5. The van der Waals surface area contributed by atoms with Gasteiger partial charge in [-0.2, -0.15) is 0 Å². The van der Waals surface area contributed by atoms with Gasteiger partial charge >= 0.3 is 0 Å². The molecular formula is C15H24ClNO4. The molecule has 0 amide bonds. The van der Waals surface area contributed by atoms with E-state index in [-0.39, 0.29) is 19.8 Å². The Labute approximate surface area is 130 Å². The van der Waals surface area contributed by atoms with E-state index in [0.29, 0.717) is 25.4 Å². The lowest BCUT2D eigenvalue weighted by Crippen LogP contribution is -2.38. The minimum absolute atomic E-state index is 0.0108. The van der Waals surface area contributed by atoms with E-state index in [2.05, 4.69) is 0 Å². The number of hydrogen-bond donors (Lipinski definition) is 3. The lowest BCUT2D eigenvalue weighted by Gasteiger charge is -2.23. The van der Waals surface area contributed by atoms with Crippen LogP contribution in [-0.4, -0.2) is 65.8 Å². The Balaban J connectivity index is 2.50. The highest BCUT2D eigenvalue weighted by atomic mass is 35.5. The van der Waals surface area contributed by atoms with Crippen LogP contribution in [0.15, 0.2) is 12.1 Å². The minimum Gasteiger partial charge on any atom is -0.491 e. The van der Waals surface area contributed by atoms with E-state index in [9.17, 15) is 5.11 Å². The number of hydrogen-bond acceptors (Lipinski definition) is 5. The lowest BCUT2D eigenvalue weighted by molar-refractivity contribution is 0.0552. The molecule has 5 nitrogen and oxygen atoms in total. The van der Waals surface area contributed by atoms with Crippen LogP contribution in [0.5, 0.6) is 5.75 Å². The van der Waals surface area contributed by atoms with E-state index < -0.39 is 6.10 Å². The Morgan fingerprint density at radius 1 is 1.14 bits per heavy atom. The van der Waals surface area contributed by atoms with Gasteiger partial charge in [0, 0.05) is 24.7 Å². The number of halogens is 1. The summed E-state index contributed by atoms with van der Waals surface area (Å²) in [5.74, 6) is 0.671. The Hall–Kier alpha value is -0.850. The molecule has 6 heteroatoms. The van der Waals surface area contributed by atoms with Gasteiger partial charge in [-0.25, -0.2) is 0 Å². The molecule has 0 aliphatic heterocycles. The van der Waals surface area contributed by atoms with Gasteiger partial charge in [0.15, 0.2) is 0 Å². The van der Waals surface area contributed by atoms with Crippen molar-refractivity contribution < 1.29 is 20.1 Å². The zero-order valence-corrected chi connectivity index (χ0v) is 13.3. The molecule has 0 aliphatic rings. The van der Waals surface area contributed by atoms with Gasteiger partial charge in [-0.05, 0) is 37.1 Å². The molecule has 0 radical (unpaired) electrons. The van der Waals surface area contributed by atoms with Gasteiger partial charge in [-0.3, -0.25) is 4.90 Å². The molecule has 3 N–H and O–H groups in total. The number of rotatable bonds is 9. The fourth-order valence-electron chi connectivity index (χ4n) is 2.11. The van der Waals surface area contributed by atoms with Crippen molar-refractivity contribution >= 4 is 11.6 Å². The summed E-state index contributed by atoms with van der Waals surface area (Å²) in [6.07, 6.45) is -0.695. The van der Waals surface area contributed by atoms with Crippen molar-refractivity contribution in [1.82, 2.24) is 4.90 Å². The molecule has 21 heavy (non-hydrogen) atoms. The molecule has 0 aliphatic carbocycles. The van der Waals surface area contributed by atoms with E-state index in [1.54, 1.807) is 4.90 Å². The second-order valence-electron chi connectivity index (χ2n) is 5.08. The Morgan fingerprint density at radius 3 is 2.14 bits per heavy atom. The van der Waals surface area contributed by atoms with Crippen molar-refractivity contribution in [2.24, 2.45) is 0 Å². The van der Waals surface area contributed by atoms with E-state index in [0.717, 1.165) is 16.1 Å². The van der Waals surface area contributed by atoms with Crippen LogP contribution in [0.1, 0.15) is 11.1 Å². The molecule has 0 bridgehead atoms. The molecule has 0 saturated heterocycles. The second kappa shape index (κ2) is 9.23. The largest absolute Gasteiger partial charge is 0.491 e. The molecule has 1 atom stereocenters. The van der Waals surface area contributed by atoms with Crippen molar-refractivity contribution in [2.75, 3.05) is 39.5 Å². The van der Waals surface area contributed by atoms with E-state index >= 15 is 0 Å². The van der Waals surface area contributed by atoms with Crippen LogP contribution in [0.3, 0.4) is 0 Å². The third-order valence-electron chi connectivity index (χ3n) is 3.15. The molecule has 0 saturated carbocycles. The highest BCUT2D eigenvalue weighted by molar-refractivity contribution is 6.32. The van der Waals surface area contributed by atoms with Crippen LogP contribution in [-0.2, 0) is 0 Å². The molecular weight excluding hydrogens is 294 g/mol. The van der Waals surface area contributed by atoms with E-state index in [1.165, 1.54) is 0 Å². The normalized spacial score (nSPS) is 12.7. The Morgan fingerprint density at radius 2 is 1.67 bits per heavy atom. The first-order chi connectivity index (χ1) is 9.97. The molecule has 0 spiro atoms. The predicted octanol–water partition coefficient (Wildman–Crippen LogP) is 0.983. The number of aliphatic hydroxyl groups excluding tert-OH is 3. The van der Waals surface area contributed by atoms with Crippen molar-refractivity contribution in [3.05, 3.63) is 28.3 Å². The van der Waals surface area contributed by atoms with Crippen LogP contribution >= 0.6 is 11.6 Å². The highest BCUT2D eigenvalue weighted by Gasteiger charge is 2.12. The van der Waals surface area contributed by atoms with Crippen LogP contribution in [0.2, 0.25) is 5.02 Å². The van der Waals surface area contributed by atoms with Gasteiger partial charge in [-0.15, -0.1) is 0 Å². The summed E-state index contributed by atoms with van der Waals surface area (Å²) in [6, 6.07) is 3.67. The third kappa shape index (κ3) is 6.20. The summed E-state index contributed by atoms with van der Waals surface area (Å²) < 4.78 is 5.58. The molecule has 0 fully saturated rings. The van der Waals surface area contributed by atoms with Crippen molar-refractivity contribution in [2.45, 2.75) is 20.0 Å². The van der Waals surface area contributed by atoms with Crippen LogP contribution in [0.4, 0.5) is 0 Å². The number of aliphatic hydroxyl groups is 3. The Bertz CT molecular complexity index is 413. The Kier molecular flexibility index (Phi) is 8.00. The highest BCUT2D eigenvalue weighted by Crippen LogP contribution is 2.25. The number of nitrogens with zero attached hydrogens (tertiary/aromatic N) is 1. The quantitative estimate of drug-likeness (QED) is 0.633. The number of benzene rings is 1. The topological polar surface area (TPSA) is 73.2 Å². The lowest BCUT2D eigenvalue weighted by atomic mass is 10.1. The molecule has 1 rings (SSSR count). The summed E-state index contributed by atoms with van der Waals surface area (Å²) in [5.41, 5.74) is 1.87. The summed E-state index contributed by atoms with van der Waals surface area (Å²) in [4.78, 5) is 1.78. The van der Waals surface area contributed by atoms with Gasteiger partial charge in [0.25, 0.3) is 0 Å². The molecule has 0 aromatic heterocycles. The summed E-state index contributed by atoms with van der Waals surface area (Å²) in [6.45, 7) is 5.10. The molecule has 1 unspecified atom stereocenters. The van der Waals surface area contributed by atoms with Crippen LogP contribution in [0, 0.1) is 13.8 Å². The van der Waals surface area contributed by atoms with Crippen LogP contribution in [0.25, 0.3) is 0 Å². The predicted molar refractivity (Wildman–Crippen MR) is 83.0 cm³/mol. The fourth-order valence-corrected chi connectivity index (χ4v) is 2.22. The minimum atomic E-state index is -0.695. The first-order valence-corrected chi connectivity index (χ1v) is 7.37. The van der Waals surface area contributed by atoms with Gasteiger partial charge in [-0.1, -0.05) is 11.6 Å². The summed E-state index contributed by atoms with van der Waals surface area (Å²) in [5, 5.41) is 28.5. The number of ether oxygens (including phenoxy) is 1. The molecule has 1 aromatic carbocycles. The van der Waals surface area contributed by atoms with Crippen molar-refractivity contribution in [3.8, 4) is 5.75 Å². The second-order valence-corrected chi connectivity index (χ2v) is 5.46. The van der Waals surface area contributed by atoms with Crippen LogP contribution < -0.4 is 4.74 Å². The molecule has 1 aromatic rings. The average molecular weight is 318 g/mol. The van der Waals surface area contributed by atoms with Gasteiger partial charge in [0.2, 0.25) is 0 Å². The first-order valence-electron chi connectivity index (χ1n) is 6.99. The van der Waals surface area contributed by atoms with E-state index in [4.69, 9.17) is 26.6 Å². The average Bonchev–Trinajstić information content (AvgIpc) is 2.43. The first kappa shape index (κ1) is 18.2. The fraction of sp³-hybridized carbons (Fsp3) is 0.600. The monoisotopic (exact) mass is 317 g/mol. The van der Waals surface area contributed by atoms with Gasteiger partial charge < -0.3 is 20.1 Å². The summed E-state index contributed by atoms with van der Waals surface area (Å²) in [7, 11) is 0. The standard InChI is InChI=1S/C15H24ClNO4/c1-11-7-14(8-12(2)15(11)16)21-10-13(20)9-17(3-5-18)4-6-19/h7-8,13,18-20H,3-6,9-10H2,1-2H3. The van der Waals surface area contributed by atoms with Gasteiger partial charge in [0.05, 0.1) is 13.2 Å². The molecule has 120 valence electrons. The third-order valence-corrected chi connectivity index (χ3v) is 3.75. The maximum atomic E-state index is 9.97. The summed E-state index contributed by atoms with van der Waals surface area (Å²) >= 11 is 6.09. The van der Waals surface area contributed by atoms with E-state index in [1.807, 2.05) is 26.0 Å². The smallest absolute Gasteiger partial charge is 0.120 e. The zero-order chi connectivity index (χ0) is 15.8. The maximum absolute atomic E-state index is 9.97. The van der Waals surface area contributed by atoms with Crippen molar-refractivity contribution in [3.63, 3.8) is 0 Å². The molecule has 0 heterocycles. The van der Waals surface area contributed by atoms with Crippen molar-refractivity contribution in [1.29, 1.82) is 0 Å². The maximum Gasteiger partial charge on any atom is 0.120 e. The van der Waals surface area contributed by atoms with Gasteiger partial charge in [0.1, 0.15) is 18.5 Å².